The highest BCUT2D eigenvalue weighted by atomic mass is 35.5. The van der Waals surface area contributed by atoms with Crippen LogP contribution in [0.15, 0.2) is 108 Å². The average Bonchev–Trinajstić information content (AvgIpc) is 3.31. The number of furan rings is 1. The highest BCUT2D eigenvalue weighted by Gasteiger charge is 2.25. The van der Waals surface area contributed by atoms with Crippen LogP contribution in [0.4, 0.5) is 17.1 Å². The van der Waals surface area contributed by atoms with Gasteiger partial charge in [-0.05, 0) is 88.5 Å². The number of hydrogen-bond acceptors (Lipinski definition) is 2. The molecule has 0 radical (unpaired) electrons. The Morgan fingerprint density at radius 1 is 0.619 bits per heavy atom. The summed E-state index contributed by atoms with van der Waals surface area (Å²) in [6, 6.07) is 36.7. The maximum Gasteiger partial charge on any atom is 0.159 e. The highest BCUT2D eigenvalue weighted by molar-refractivity contribution is 6.31. The predicted octanol–water partition coefficient (Wildman–Crippen LogP) is 12.3. The highest BCUT2D eigenvalue weighted by Crippen LogP contribution is 2.47. The number of nitrogens with zero attached hydrogens (tertiary/aromatic N) is 1. The Bertz CT molecular complexity index is 1900. The molecule has 0 saturated carbocycles. The molecule has 0 spiro atoms. The van der Waals surface area contributed by atoms with Gasteiger partial charge in [-0.1, -0.05) is 108 Å². The minimum absolute atomic E-state index is 0.00302. The summed E-state index contributed by atoms with van der Waals surface area (Å²) in [5.41, 5.74) is 10.8. The van der Waals surface area contributed by atoms with Crippen LogP contribution in [0.5, 0.6) is 0 Å². The number of aryl methyl sites for hydroxylation is 1. The average molecular weight is 572 g/mol. The molecule has 0 bridgehead atoms. The van der Waals surface area contributed by atoms with E-state index in [0.717, 1.165) is 55.7 Å². The number of hydrogen-bond donors (Lipinski definition) is 0. The lowest BCUT2D eigenvalue weighted by Gasteiger charge is -2.30. The van der Waals surface area contributed by atoms with Gasteiger partial charge in [-0.15, -0.1) is 0 Å². The van der Waals surface area contributed by atoms with E-state index in [-0.39, 0.29) is 10.8 Å². The van der Waals surface area contributed by atoms with Crippen molar-refractivity contribution in [2.45, 2.75) is 59.3 Å². The van der Waals surface area contributed by atoms with Crippen LogP contribution < -0.4 is 4.90 Å². The Balaban J connectivity index is 1.68. The zero-order valence-electron chi connectivity index (χ0n) is 25.5. The molecule has 0 aliphatic rings. The lowest BCUT2D eigenvalue weighted by atomic mass is 9.84. The monoisotopic (exact) mass is 571 g/mol. The van der Waals surface area contributed by atoms with Crippen LogP contribution in [0, 0.1) is 6.92 Å². The predicted molar refractivity (Wildman–Crippen MR) is 181 cm³/mol. The number of anilines is 3. The van der Waals surface area contributed by atoms with Gasteiger partial charge in [-0.3, -0.25) is 0 Å². The molecular weight excluding hydrogens is 534 g/mol. The fourth-order valence-electron chi connectivity index (χ4n) is 5.73. The molecule has 6 aromatic rings. The van der Waals surface area contributed by atoms with Crippen LogP contribution in [-0.2, 0) is 10.8 Å². The second kappa shape index (κ2) is 10.4. The molecule has 42 heavy (non-hydrogen) atoms. The zero-order chi connectivity index (χ0) is 29.8. The van der Waals surface area contributed by atoms with Crippen LogP contribution in [0.3, 0.4) is 0 Å². The van der Waals surface area contributed by atoms with E-state index < -0.39 is 0 Å². The summed E-state index contributed by atoms with van der Waals surface area (Å²) < 4.78 is 6.68. The first-order valence-corrected chi connectivity index (χ1v) is 15.0. The maximum atomic E-state index is 6.70. The maximum absolute atomic E-state index is 6.70. The van der Waals surface area contributed by atoms with Gasteiger partial charge in [0.25, 0.3) is 0 Å². The van der Waals surface area contributed by atoms with E-state index in [2.05, 4.69) is 144 Å². The van der Waals surface area contributed by atoms with Crippen molar-refractivity contribution < 1.29 is 4.42 Å². The summed E-state index contributed by atoms with van der Waals surface area (Å²) in [5.74, 6) is 0. The van der Waals surface area contributed by atoms with E-state index in [1.54, 1.807) is 0 Å². The Hall–Kier alpha value is -4.01. The Morgan fingerprint density at radius 3 is 2.00 bits per heavy atom. The normalized spacial score (nSPS) is 12.3. The van der Waals surface area contributed by atoms with Crippen molar-refractivity contribution in [3.05, 3.63) is 125 Å². The van der Waals surface area contributed by atoms with Gasteiger partial charge in [0.2, 0.25) is 0 Å². The van der Waals surface area contributed by atoms with Crippen molar-refractivity contribution in [2.75, 3.05) is 4.90 Å². The Labute approximate surface area is 254 Å². The molecule has 1 aromatic heterocycles. The second-order valence-electron chi connectivity index (χ2n) is 13.4. The van der Waals surface area contributed by atoms with E-state index in [0.29, 0.717) is 5.02 Å². The number of para-hydroxylation sites is 1. The SMILES string of the molecule is Cc1cc(Cl)cc(N(c2ccc(C(C)(C)C)cc2-c2ccccc2)c2cccc3c2oc2ccc(C(C)(C)C)cc23)c1. The van der Waals surface area contributed by atoms with Crippen molar-refractivity contribution in [3.63, 3.8) is 0 Å². The standard InChI is InChI=1S/C39H38ClNO/c1-25-20-29(40)24-30(21-25)41(34-18-16-27(38(2,3)4)22-32(34)26-12-9-8-10-13-26)35-15-11-14-31-33-23-28(39(5,6)7)17-19-36(33)42-37(31)35/h8-24H,1-7H3. The summed E-state index contributed by atoms with van der Waals surface area (Å²) in [5, 5.41) is 2.94. The molecule has 6 rings (SSSR count). The van der Waals surface area contributed by atoms with E-state index in [9.17, 15) is 0 Å². The quantitative estimate of drug-likeness (QED) is 0.209. The number of benzene rings is 5. The van der Waals surface area contributed by atoms with E-state index in [4.69, 9.17) is 16.0 Å². The van der Waals surface area contributed by atoms with Gasteiger partial charge in [0.15, 0.2) is 5.58 Å². The molecule has 0 unspecified atom stereocenters. The Kier molecular flexibility index (Phi) is 6.94. The summed E-state index contributed by atoms with van der Waals surface area (Å²) in [4.78, 5) is 2.31. The van der Waals surface area contributed by atoms with Crippen molar-refractivity contribution in [1.29, 1.82) is 0 Å². The van der Waals surface area contributed by atoms with Crippen LogP contribution in [-0.4, -0.2) is 0 Å². The molecule has 212 valence electrons. The van der Waals surface area contributed by atoms with Crippen molar-refractivity contribution in [1.82, 2.24) is 0 Å². The molecule has 3 heteroatoms. The topological polar surface area (TPSA) is 16.4 Å². The molecule has 0 amide bonds. The van der Waals surface area contributed by atoms with Gasteiger partial charge in [0.1, 0.15) is 5.58 Å². The molecule has 0 atom stereocenters. The second-order valence-corrected chi connectivity index (χ2v) is 13.8. The summed E-state index contributed by atoms with van der Waals surface area (Å²) in [6.45, 7) is 15.6. The summed E-state index contributed by atoms with van der Waals surface area (Å²) in [7, 11) is 0. The van der Waals surface area contributed by atoms with Gasteiger partial charge in [-0.2, -0.15) is 0 Å². The third-order valence-electron chi connectivity index (χ3n) is 8.06. The molecule has 1 heterocycles. The van der Waals surface area contributed by atoms with E-state index >= 15 is 0 Å². The van der Waals surface area contributed by atoms with Gasteiger partial charge < -0.3 is 9.32 Å². The van der Waals surface area contributed by atoms with Crippen LogP contribution >= 0.6 is 11.6 Å². The first kappa shape index (κ1) is 28.1. The van der Waals surface area contributed by atoms with Gasteiger partial charge in [0.05, 0.1) is 11.4 Å². The molecule has 2 nitrogen and oxygen atoms in total. The molecule has 0 saturated heterocycles. The zero-order valence-corrected chi connectivity index (χ0v) is 26.3. The van der Waals surface area contributed by atoms with Crippen molar-refractivity contribution in [2.24, 2.45) is 0 Å². The minimum Gasteiger partial charge on any atom is -0.454 e. The van der Waals surface area contributed by atoms with E-state index in [1.165, 1.54) is 11.1 Å². The van der Waals surface area contributed by atoms with Crippen LogP contribution in [0.25, 0.3) is 33.1 Å². The molecule has 0 aliphatic heterocycles. The summed E-state index contributed by atoms with van der Waals surface area (Å²) in [6.07, 6.45) is 0. The number of rotatable bonds is 4. The first-order chi connectivity index (χ1) is 19.9. The van der Waals surface area contributed by atoms with E-state index in [1.807, 2.05) is 12.1 Å². The van der Waals surface area contributed by atoms with Crippen molar-refractivity contribution >= 4 is 50.6 Å². The third kappa shape index (κ3) is 5.21. The smallest absolute Gasteiger partial charge is 0.159 e. The molecule has 0 aliphatic carbocycles. The fourth-order valence-corrected chi connectivity index (χ4v) is 6.01. The minimum atomic E-state index is 0.00302. The lowest BCUT2D eigenvalue weighted by molar-refractivity contribution is 0.590. The Morgan fingerprint density at radius 2 is 1.31 bits per heavy atom. The molecule has 0 N–H and O–H groups in total. The molecule has 0 fully saturated rings. The largest absolute Gasteiger partial charge is 0.454 e. The van der Waals surface area contributed by atoms with Gasteiger partial charge in [-0.25, -0.2) is 0 Å². The van der Waals surface area contributed by atoms with Gasteiger partial charge in [0, 0.05) is 27.0 Å². The third-order valence-corrected chi connectivity index (χ3v) is 8.27. The molecule has 5 aromatic carbocycles. The lowest BCUT2D eigenvalue weighted by Crippen LogP contribution is -2.15. The van der Waals surface area contributed by atoms with Crippen LogP contribution in [0.1, 0.15) is 58.2 Å². The fraction of sp³-hybridized carbons (Fsp3) is 0.231. The summed E-state index contributed by atoms with van der Waals surface area (Å²) >= 11 is 6.70. The first-order valence-electron chi connectivity index (χ1n) is 14.6. The number of fused-ring (bicyclic) bond motifs is 3. The number of halogens is 1. The van der Waals surface area contributed by atoms with Gasteiger partial charge >= 0.3 is 0 Å². The van der Waals surface area contributed by atoms with Crippen LogP contribution in [0.2, 0.25) is 5.02 Å². The van der Waals surface area contributed by atoms with Crippen molar-refractivity contribution in [3.8, 4) is 11.1 Å². The molecular formula is C39H38ClNO.